The summed E-state index contributed by atoms with van der Waals surface area (Å²) in [5, 5.41) is 7.60. The lowest BCUT2D eigenvalue weighted by Crippen LogP contribution is -2.37. The third-order valence-corrected chi connectivity index (χ3v) is 4.78. The standard InChI is InChI=1S/C17H21N7O2/c25-15-13-11-19-16(18-7-3-9-23-10-4-8-20-23)21-14(13)22-17(26)24(15)12-5-1-2-6-12/h4,8,10-12H,1-3,5-7,9H2,(H2,18,19,21,22,26). The predicted octanol–water partition coefficient (Wildman–Crippen LogP) is 1.29. The molecule has 0 aliphatic heterocycles. The zero-order valence-electron chi connectivity index (χ0n) is 14.4. The van der Waals surface area contributed by atoms with Gasteiger partial charge in [-0.2, -0.15) is 10.1 Å². The van der Waals surface area contributed by atoms with Gasteiger partial charge in [-0.3, -0.25) is 19.0 Å². The minimum absolute atomic E-state index is 0.0178. The van der Waals surface area contributed by atoms with E-state index in [2.05, 4.69) is 25.4 Å². The maximum atomic E-state index is 12.7. The lowest BCUT2D eigenvalue weighted by molar-refractivity contribution is 0.483. The van der Waals surface area contributed by atoms with E-state index in [4.69, 9.17) is 0 Å². The van der Waals surface area contributed by atoms with E-state index in [9.17, 15) is 9.59 Å². The summed E-state index contributed by atoms with van der Waals surface area (Å²) in [4.78, 5) is 36.3. The molecule has 1 aliphatic rings. The Morgan fingerprint density at radius 2 is 2.12 bits per heavy atom. The quantitative estimate of drug-likeness (QED) is 0.645. The molecule has 9 nitrogen and oxygen atoms in total. The Labute approximate surface area is 149 Å². The molecule has 4 rings (SSSR count). The van der Waals surface area contributed by atoms with Crippen LogP contribution in [0.4, 0.5) is 5.95 Å². The second-order valence-corrected chi connectivity index (χ2v) is 6.55. The fourth-order valence-corrected chi connectivity index (χ4v) is 3.47. The summed E-state index contributed by atoms with van der Waals surface area (Å²) in [5.74, 6) is 0.395. The summed E-state index contributed by atoms with van der Waals surface area (Å²) in [6.07, 6.45) is 9.82. The molecule has 0 saturated heterocycles. The first-order valence-corrected chi connectivity index (χ1v) is 8.95. The highest BCUT2D eigenvalue weighted by Gasteiger charge is 2.21. The number of fused-ring (bicyclic) bond motifs is 1. The average Bonchev–Trinajstić information content (AvgIpc) is 3.32. The summed E-state index contributed by atoms with van der Waals surface area (Å²) in [7, 11) is 0. The van der Waals surface area contributed by atoms with Crippen molar-refractivity contribution < 1.29 is 0 Å². The highest BCUT2D eigenvalue weighted by atomic mass is 16.2. The number of nitrogens with one attached hydrogen (secondary N) is 2. The largest absolute Gasteiger partial charge is 0.354 e. The van der Waals surface area contributed by atoms with Crippen molar-refractivity contribution in [1.29, 1.82) is 0 Å². The number of hydrogen-bond donors (Lipinski definition) is 2. The van der Waals surface area contributed by atoms with Gasteiger partial charge >= 0.3 is 5.69 Å². The van der Waals surface area contributed by atoms with Crippen LogP contribution in [0, 0.1) is 0 Å². The third kappa shape index (κ3) is 3.24. The summed E-state index contributed by atoms with van der Waals surface area (Å²) >= 11 is 0. The van der Waals surface area contributed by atoms with Gasteiger partial charge in [0.05, 0.1) is 0 Å². The molecular formula is C17H21N7O2. The fraction of sp³-hybridized carbons (Fsp3) is 0.471. The van der Waals surface area contributed by atoms with E-state index in [1.54, 1.807) is 6.20 Å². The van der Waals surface area contributed by atoms with E-state index in [1.165, 1.54) is 10.8 Å². The molecule has 136 valence electrons. The molecule has 0 bridgehead atoms. The summed E-state index contributed by atoms with van der Waals surface area (Å²) in [6, 6.07) is 1.87. The molecule has 0 atom stereocenters. The second kappa shape index (κ2) is 7.11. The Morgan fingerprint density at radius 1 is 1.27 bits per heavy atom. The van der Waals surface area contributed by atoms with Gasteiger partial charge in [0, 0.05) is 37.7 Å². The number of rotatable bonds is 6. The smallest absolute Gasteiger partial charge is 0.330 e. The van der Waals surface area contributed by atoms with Crippen LogP contribution >= 0.6 is 0 Å². The van der Waals surface area contributed by atoms with Crippen LogP contribution in [0.1, 0.15) is 38.1 Å². The highest BCUT2D eigenvalue weighted by molar-refractivity contribution is 5.73. The van der Waals surface area contributed by atoms with Crippen LogP contribution in [0.2, 0.25) is 0 Å². The molecule has 0 aromatic carbocycles. The van der Waals surface area contributed by atoms with Crippen LogP contribution in [-0.4, -0.2) is 35.8 Å². The molecule has 3 aromatic heterocycles. The molecule has 1 fully saturated rings. The maximum Gasteiger partial charge on any atom is 0.330 e. The number of nitrogens with zero attached hydrogens (tertiary/aromatic N) is 5. The SMILES string of the molecule is O=c1[nH]c2nc(NCCCn3cccn3)ncc2c(=O)n1C1CCCC1. The van der Waals surface area contributed by atoms with Crippen molar-refractivity contribution in [3.8, 4) is 0 Å². The average molecular weight is 355 g/mol. The monoisotopic (exact) mass is 355 g/mol. The number of aromatic nitrogens is 6. The van der Waals surface area contributed by atoms with E-state index >= 15 is 0 Å². The van der Waals surface area contributed by atoms with Crippen molar-refractivity contribution >= 4 is 17.0 Å². The van der Waals surface area contributed by atoms with Gasteiger partial charge in [-0.25, -0.2) is 9.78 Å². The van der Waals surface area contributed by atoms with Crippen LogP contribution in [0.15, 0.2) is 34.2 Å². The molecule has 9 heteroatoms. The summed E-state index contributed by atoms with van der Waals surface area (Å²) < 4.78 is 3.18. The minimum Gasteiger partial charge on any atom is -0.354 e. The van der Waals surface area contributed by atoms with Gasteiger partial charge in [-0.05, 0) is 25.3 Å². The lowest BCUT2D eigenvalue weighted by Gasteiger charge is -2.12. The van der Waals surface area contributed by atoms with Gasteiger partial charge in [0.2, 0.25) is 5.95 Å². The van der Waals surface area contributed by atoms with Crippen molar-refractivity contribution in [1.82, 2.24) is 29.3 Å². The van der Waals surface area contributed by atoms with E-state index in [1.807, 2.05) is 16.9 Å². The molecule has 2 N–H and O–H groups in total. The highest BCUT2D eigenvalue weighted by Crippen LogP contribution is 2.27. The number of hydrogen-bond acceptors (Lipinski definition) is 6. The van der Waals surface area contributed by atoms with Crippen molar-refractivity contribution in [3.63, 3.8) is 0 Å². The molecule has 0 radical (unpaired) electrons. The minimum atomic E-state index is -0.391. The van der Waals surface area contributed by atoms with E-state index in [-0.39, 0.29) is 17.2 Å². The van der Waals surface area contributed by atoms with Crippen LogP contribution < -0.4 is 16.6 Å². The van der Waals surface area contributed by atoms with Crippen molar-refractivity contribution in [3.05, 3.63) is 45.5 Å². The molecule has 3 aromatic rings. The zero-order valence-corrected chi connectivity index (χ0v) is 14.4. The molecule has 1 saturated carbocycles. The van der Waals surface area contributed by atoms with Crippen molar-refractivity contribution in [2.24, 2.45) is 0 Å². The molecular weight excluding hydrogens is 334 g/mol. The first kappa shape index (κ1) is 16.5. The van der Waals surface area contributed by atoms with Crippen molar-refractivity contribution in [2.45, 2.75) is 44.7 Å². The van der Waals surface area contributed by atoms with Crippen LogP contribution in [0.25, 0.3) is 11.0 Å². The predicted molar refractivity (Wildman–Crippen MR) is 97.3 cm³/mol. The summed E-state index contributed by atoms with van der Waals surface area (Å²) in [6.45, 7) is 1.45. The van der Waals surface area contributed by atoms with Crippen LogP contribution in [-0.2, 0) is 6.54 Å². The van der Waals surface area contributed by atoms with E-state index in [0.717, 1.165) is 38.6 Å². The topological polar surface area (TPSA) is 110 Å². The lowest BCUT2D eigenvalue weighted by atomic mass is 10.2. The maximum absolute atomic E-state index is 12.7. The molecule has 0 spiro atoms. The Kier molecular flexibility index (Phi) is 4.51. The van der Waals surface area contributed by atoms with Gasteiger partial charge in [0.1, 0.15) is 5.39 Å². The van der Waals surface area contributed by atoms with Gasteiger partial charge in [0.25, 0.3) is 5.56 Å². The zero-order chi connectivity index (χ0) is 17.9. The summed E-state index contributed by atoms with van der Waals surface area (Å²) in [5.41, 5.74) is -0.419. The fourth-order valence-electron chi connectivity index (χ4n) is 3.47. The first-order chi connectivity index (χ1) is 12.7. The van der Waals surface area contributed by atoms with Gasteiger partial charge in [-0.15, -0.1) is 0 Å². The number of H-pyrrole nitrogens is 1. The Hall–Kier alpha value is -2.97. The number of anilines is 1. The number of aryl methyl sites for hydroxylation is 1. The molecule has 0 unspecified atom stereocenters. The van der Waals surface area contributed by atoms with Gasteiger partial charge < -0.3 is 5.32 Å². The van der Waals surface area contributed by atoms with Crippen LogP contribution in [0.3, 0.4) is 0 Å². The second-order valence-electron chi connectivity index (χ2n) is 6.55. The van der Waals surface area contributed by atoms with Gasteiger partial charge in [-0.1, -0.05) is 12.8 Å². The number of aromatic amines is 1. The molecule has 1 aliphatic carbocycles. The van der Waals surface area contributed by atoms with Gasteiger partial charge in [0.15, 0.2) is 5.65 Å². The first-order valence-electron chi connectivity index (χ1n) is 8.95. The Balaban J connectivity index is 1.51. The van der Waals surface area contributed by atoms with E-state index in [0.29, 0.717) is 17.9 Å². The molecule has 3 heterocycles. The third-order valence-electron chi connectivity index (χ3n) is 4.78. The normalized spacial score (nSPS) is 14.9. The Bertz CT molecular complexity index is 1000. The molecule has 26 heavy (non-hydrogen) atoms. The Morgan fingerprint density at radius 3 is 2.88 bits per heavy atom. The van der Waals surface area contributed by atoms with Crippen molar-refractivity contribution in [2.75, 3.05) is 11.9 Å². The van der Waals surface area contributed by atoms with E-state index < -0.39 is 5.69 Å². The van der Waals surface area contributed by atoms with Crippen LogP contribution in [0.5, 0.6) is 0 Å². The molecule has 0 amide bonds.